The predicted molar refractivity (Wildman–Crippen MR) is 130 cm³/mol. The summed E-state index contributed by atoms with van der Waals surface area (Å²) in [5.74, 6) is 1.89. The van der Waals surface area contributed by atoms with E-state index in [-0.39, 0.29) is 11.9 Å². The molecular weight excluding hydrogens is 435 g/mol. The molecule has 0 aliphatic carbocycles. The van der Waals surface area contributed by atoms with Crippen molar-refractivity contribution in [3.8, 4) is 5.75 Å². The summed E-state index contributed by atoms with van der Waals surface area (Å²) in [4.78, 5) is 20.7. The van der Waals surface area contributed by atoms with E-state index in [0.29, 0.717) is 36.8 Å². The van der Waals surface area contributed by atoms with Crippen LogP contribution in [-0.2, 0) is 4.74 Å². The number of nitrogens with zero attached hydrogens (tertiary/aromatic N) is 6. The third-order valence-corrected chi connectivity index (χ3v) is 6.19. The molecule has 0 spiro atoms. The maximum atomic E-state index is 14.0. The molecule has 2 saturated heterocycles. The SMILES string of the molecule is CN(c1ccccc1)c1nc(N2CCOCC2)nc(N2CCC(Oc3ccccc3F)CC2)n1. The van der Waals surface area contributed by atoms with Crippen LogP contribution in [0.4, 0.5) is 27.9 Å². The molecule has 0 saturated carbocycles. The Labute approximate surface area is 199 Å². The summed E-state index contributed by atoms with van der Waals surface area (Å²) in [5, 5.41) is 0. The van der Waals surface area contributed by atoms with Crippen LogP contribution in [0, 0.1) is 5.82 Å². The molecule has 0 amide bonds. The van der Waals surface area contributed by atoms with E-state index in [4.69, 9.17) is 24.4 Å². The zero-order chi connectivity index (χ0) is 23.3. The van der Waals surface area contributed by atoms with Crippen LogP contribution in [0.5, 0.6) is 5.75 Å². The summed E-state index contributed by atoms with van der Waals surface area (Å²) >= 11 is 0. The van der Waals surface area contributed by atoms with E-state index in [1.54, 1.807) is 18.2 Å². The Morgan fingerprint density at radius 1 is 0.853 bits per heavy atom. The fourth-order valence-corrected chi connectivity index (χ4v) is 4.20. The summed E-state index contributed by atoms with van der Waals surface area (Å²) in [7, 11) is 1.96. The lowest BCUT2D eigenvalue weighted by molar-refractivity contribution is 0.122. The Balaban J connectivity index is 1.35. The molecule has 9 heteroatoms. The topological polar surface area (TPSA) is 66.9 Å². The Kier molecular flexibility index (Phi) is 6.71. The first kappa shape index (κ1) is 22.3. The van der Waals surface area contributed by atoms with Crippen molar-refractivity contribution in [2.75, 3.05) is 61.1 Å². The minimum absolute atomic E-state index is 0.0415. The average molecular weight is 465 g/mol. The van der Waals surface area contributed by atoms with Crippen molar-refractivity contribution in [3.63, 3.8) is 0 Å². The summed E-state index contributed by atoms with van der Waals surface area (Å²) < 4.78 is 25.4. The number of aromatic nitrogens is 3. The van der Waals surface area contributed by atoms with Crippen LogP contribution < -0.4 is 19.4 Å². The van der Waals surface area contributed by atoms with Crippen molar-refractivity contribution >= 4 is 23.5 Å². The zero-order valence-corrected chi connectivity index (χ0v) is 19.3. The number of ether oxygens (including phenoxy) is 2. The standard InChI is InChI=1S/C25H29FN6O2/c1-30(19-7-3-2-4-8-19)23-27-24(29-25(28-23)32-15-17-33-18-16-32)31-13-11-20(12-14-31)34-22-10-6-5-9-21(22)26/h2-10,20H,11-18H2,1H3. The maximum absolute atomic E-state index is 14.0. The third-order valence-electron chi connectivity index (χ3n) is 6.19. The molecule has 0 bridgehead atoms. The lowest BCUT2D eigenvalue weighted by Crippen LogP contribution is -2.41. The van der Waals surface area contributed by atoms with Crippen LogP contribution >= 0.6 is 0 Å². The third kappa shape index (κ3) is 5.04. The van der Waals surface area contributed by atoms with Crippen molar-refractivity contribution in [1.29, 1.82) is 0 Å². The molecule has 34 heavy (non-hydrogen) atoms. The minimum Gasteiger partial charge on any atom is -0.487 e. The number of benzene rings is 2. The van der Waals surface area contributed by atoms with E-state index in [1.165, 1.54) is 6.07 Å². The van der Waals surface area contributed by atoms with Crippen molar-refractivity contribution in [3.05, 3.63) is 60.4 Å². The number of piperidine rings is 1. The second kappa shape index (κ2) is 10.2. The average Bonchev–Trinajstić information content (AvgIpc) is 2.91. The van der Waals surface area contributed by atoms with Crippen LogP contribution in [0.3, 0.4) is 0 Å². The van der Waals surface area contributed by atoms with Gasteiger partial charge in [-0.15, -0.1) is 0 Å². The van der Waals surface area contributed by atoms with Crippen LogP contribution in [0.25, 0.3) is 0 Å². The first-order chi connectivity index (χ1) is 16.7. The van der Waals surface area contributed by atoms with Gasteiger partial charge in [-0.3, -0.25) is 0 Å². The molecule has 0 atom stereocenters. The molecule has 0 unspecified atom stereocenters. The summed E-state index contributed by atoms with van der Waals surface area (Å²) in [6, 6.07) is 16.6. The highest BCUT2D eigenvalue weighted by Crippen LogP contribution is 2.27. The van der Waals surface area contributed by atoms with Crippen molar-refractivity contribution in [2.24, 2.45) is 0 Å². The molecule has 5 rings (SSSR count). The highest BCUT2D eigenvalue weighted by Gasteiger charge is 2.26. The first-order valence-electron chi connectivity index (χ1n) is 11.7. The molecule has 3 aromatic rings. The Bertz CT molecular complexity index is 1090. The quantitative estimate of drug-likeness (QED) is 0.548. The number of para-hydroxylation sites is 2. The molecule has 2 fully saturated rings. The maximum Gasteiger partial charge on any atom is 0.236 e. The Morgan fingerprint density at radius 2 is 1.47 bits per heavy atom. The van der Waals surface area contributed by atoms with E-state index >= 15 is 0 Å². The number of anilines is 4. The van der Waals surface area contributed by atoms with Gasteiger partial charge in [0.1, 0.15) is 6.10 Å². The molecule has 178 valence electrons. The molecule has 0 N–H and O–H groups in total. The number of morpholine rings is 1. The molecule has 2 aliphatic heterocycles. The summed E-state index contributed by atoms with van der Waals surface area (Å²) in [6.07, 6.45) is 1.48. The van der Waals surface area contributed by atoms with Crippen LogP contribution in [0.1, 0.15) is 12.8 Å². The zero-order valence-electron chi connectivity index (χ0n) is 19.3. The van der Waals surface area contributed by atoms with Crippen molar-refractivity contribution in [2.45, 2.75) is 18.9 Å². The van der Waals surface area contributed by atoms with E-state index in [1.807, 2.05) is 42.3 Å². The first-order valence-corrected chi connectivity index (χ1v) is 11.7. The monoisotopic (exact) mass is 464 g/mol. The largest absolute Gasteiger partial charge is 0.487 e. The highest BCUT2D eigenvalue weighted by molar-refractivity contribution is 5.58. The van der Waals surface area contributed by atoms with Gasteiger partial charge in [0, 0.05) is 51.8 Å². The van der Waals surface area contributed by atoms with Gasteiger partial charge in [-0.1, -0.05) is 30.3 Å². The van der Waals surface area contributed by atoms with Gasteiger partial charge in [-0.2, -0.15) is 15.0 Å². The minimum atomic E-state index is -0.328. The lowest BCUT2D eigenvalue weighted by Gasteiger charge is -2.33. The summed E-state index contributed by atoms with van der Waals surface area (Å²) in [6.45, 7) is 4.25. The fraction of sp³-hybridized carbons (Fsp3) is 0.400. The molecule has 0 radical (unpaired) electrons. The van der Waals surface area contributed by atoms with Crippen LogP contribution in [0.2, 0.25) is 0 Å². The number of hydrogen-bond donors (Lipinski definition) is 0. The van der Waals surface area contributed by atoms with E-state index in [2.05, 4.69) is 9.80 Å². The van der Waals surface area contributed by atoms with Gasteiger partial charge in [0.15, 0.2) is 11.6 Å². The number of halogens is 1. The van der Waals surface area contributed by atoms with Gasteiger partial charge in [-0.25, -0.2) is 4.39 Å². The molecular formula is C25H29FN6O2. The fourth-order valence-electron chi connectivity index (χ4n) is 4.20. The van der Waals surface area contributed by atoms with Crippen LogP contribution in [-0.4, -0.2) is 67.5 Å². The number of rotatable bonds is 6. The van der Waals surface area contributed by atoms with Crippen LogP contribution in [0.15, 0.2) is 54.6 Å². The van der Waals surface area contributed by atoms with Gasteiger partial charge in [0.2, 0.25) is 17.8 Å². The smallest absolute Gasteiger partial charge is 0.236 e. The second-order valence-corrected chi connectivity index (χ2v) is 8.46. The molecule has 2 aliphatic rings. The normalized spacial score (nSPS) is 17.0. The molecule has 3 heterocycles. The number of hydrogen-bond acceptors (Lipinski definition) is 8. The van der Waals surface area contributed by atoms with E-state index in [9.17, 15) is 4.39 Å². The molecule has 1 aromatic heterocycles. The second-order valence-electron chi connectivity index (χ2n) is 8.46. The van der Waals surface area contributed by atoms with Crippen molar-refractivity contribution < 1.29 is 13.9 Å². The van der Waals surface area contributed by atoms with E-state index < -0.39 is 0 Å². The van der Waals surface area contributed by atoms with Crippen molar-refractivity contribution in [1.82, 2.24) is 15.0 Å². The Morgan fingerprint density at radius 3 is 2.15 bits per heavy atom. The predicted octanol–water partition coefficient (Wildman–Crippen LogP) is 3.66. The molecule has 8 nitrogen and oxygen atoms in total. The van der Waals surface area contributed by atoms with Gasteiger partial charge < -0.3 is 24.2 Å². The van der Waals surface area contributed by atoms with Gasteiger partial charge in [-0.05, 0) is 24.3 Å². The molecule has 2 aromatic carbocycles. The van der Waals surface area contributed by atoms with Gasteiger partial charge in [0.25, 0.3) is 0 Å². The lowest BCUT2D eigenvalue weighted by atomic mass is 10.1. The van der Waals surface area contributed by atoms with E-state index in [0.717, 1.165) is 44.7 Å². The van der Waals surface area contributed by atoms with Gasteiger partial charge >= 0.3 is 0 Å². The van der Waals surface area contributed by atoms with Gasteiger partial charge in [0.05, 0.1) is 13.2 Å². The Hall–Kier alpha value is -3.46. The summed E-state index contributed by atoms with van der Waals surface area (Å²) in [5.41, 5.74) is 1.00. The highest BCUT2D eigenvalue weighted by atomic mass is 19.1.